The highest BCUT2D eigenvalue weighted by Gasteiger charge is 2.16. The van der Waals surface area contributed by atoms with E-state index in [0.717, 1.165) is 25.9 Å². The first-order valence-electron chi connectivity index (χ1n) is 8.55. The van der Waals surface area contributed by atoms with Crippen LogP contribution in [-0.4, -0.2) is 53.7 Å². The number of aromatic amines is 1. The Morgan fingerprint density at radius 3 is 3.04 bits per heavy atom. The molecule has 1 aromatic heterocycles. The summed E-state index contributed by atoms with van der Waals surface area (Å²) in [5.74, 6) is 0.293. The van der Waals surface area contributed by atoms with Crippen LogP contribution in [0.1, 0.15) is 25.1 Å². The molecule has 2 heterocycles. The number of carbonyl (C=O) groups excluding carboxylic acids is 1. The van der Waals surface area contributed by atoms with Crippen LogP contribution in [0.4, 0.5) is 0 Å². The van der Waals surface area contributed by atoms with Crippen molar-refractivity contribution in [2.24, 2.45) is 0 Å². The topological polar surface area (TPSA) is 84.5 Å². The fraction of sp³-hybridized carbons (Fsp3) is 0.500. The van der Waals surface area contributed by atoms with Gasteiger partial charge in [-0.15, -0.1) is 0 Å². The SMILES string of the molecule is CN(Cc1nc2ccccc2c(=O)[nH]1)C(=O)COC[C@H]1CCCCO1. The van der Waals surface area contributed by atoms with Crippen LogP contribution in [0.3, 0.4) is 0 Å². The van der Waals surface area contributed by atoms with Crippen LogP contribution in [-0.2, 0) is 20.8 Å². The van der Waals surface area contributed by atoms with E-state index in [1.165, 1.54) is 4.90 Å². The van der Waals surface area contributed by atoms with Gasteiger partial charge in [0.1, 0.15) is 12.4 Å². The third-order valence-electron chi connectivity index (χ3n) is 4.28. The van der Waals surface area contributed by atoms with Gasteiger partial charge in [0.05, 0.1) is 30.2 Å². The summed E-state index contributed by atoms with van der Waals surface area (Å²) in [7, 11) is 1.66. The Hall–Kier alpha value is -2.25. The van der Waals surface area contributed by atoms with E-state index in [0.29, 0.717) is 23.3 Å². The number of carbonyl (C=O) groups is 1. The van der Waals surface area contributed by atoms with E-state index >= 15 is 0 Å². The fourth-order valence-electron chi connectivity index (χ4n) is 2.85. The highest BCUT2D eigenvalue weighted by atomic mass is 16.5. The van der Waals surface area contributed by atoms with Crippen molar-refractivity contribution in [1.82, 2.24) is 14.9 Å². The van der Waals surface area contributed by atoms with Gasteiger partial charge < -0.3 is 19.4 Å². The summed E-state index contributed by atoms with van der Waals surface area (Å²) >= 11 is 0. The summed E-state index contributed by atoms with van der Waals surface area (Å²) in [5.41, 5.74) is 0.417. The van der Waals surface area contributed by atoms with Crippen molar-refractivity contribution in [2.45, 2.75) is 31.9 Å². The van der Waals surface area contributed by atoms with E-state index in [9.17, 15) is 9.59 Å². The highest BCUT2D eigenvalue weighted by molar-refractivity contribution is 5.78. The van der Waals surface area contributed by atoms with Crippen molar-refractivity contribution in [3.63, 3.8) is 0 Å². The largest absolute Gasteiger partial charge is 0.376 e. The maximum Gasteiger partial charge on any atom is 0.258 e. The van der Waals surface area contributed by atoms with Gasteiger partial charge in [0.25, 0.3) is 5.56 Å². The summed E-state index contributed by atoms with van der Waals surface area (Å²) in [5, 5.41) is 0.538. The third-order valence-corrected chi connectivity index (χ3v) is 4.28. The number of hydrogen-bond acceptors (Lipinski definition) is 5. The second-order valence-corrected chi connectivity index (χ2v) is 6.28. The molecule has 25 heavy (non-hydrogen) atoms. The Morgan fingerprint density at radius 2 is 2.24 bits per heavy atom. The first kappa shape index (κ1) is 17.6. The van der Waals surface area contributed by atoms with Crippen LogP contribution in [0.5, 0.6) is 0 Å². The van der Waals surface area contributed by atoms with Crippen molar-refractivity contribution < 1.29 is 14.3 Å². The number of benzene rings is 1. The summed E-state index contributed by atoms with van der Waals surface area (Å²) in [6.45, 7) is 1.42. The Kier molecular flexibility index (Phi) is 5.78. The molecule has 1 aromatic carbocycles. The number of aromatic nitrogens is 2. The van der Waals surface area contributed by atoms with Crippen molar-refractivity contribution in [1.29, 1.82) is 0 Å². The first-order chi connectivity index (χ1) is 12.1. The van der Waals surface area contributed by atoms with Gasteiger partial charge in [0, 0.05) is 13.7 Å². The average molecular weight is 345 g/mol. The van der Waals surface area contributed by atoms with Crippen molar-refractivity contribution in [3.8, 4) is 0 Å². The van der Waals surface area contributed by atoms with E-state index in [1.807, 2.05) is 6.07 Å². The molecule has 1 aliphatic rings. The van der Waals surface area contributed by atoms with E-state index in [-0.39, 0.29) is 30.7 Å². The maximum absolute atomic E-state index is 12.2. The number of ether oxygens (including phenoxy) is 2. The predicted molar refractivity (Wildman–Crippen MR) is 93.2 cm³/mol. The molecule has 1 atom stereocenters. The Morgan fingerprint density at radius 1 is 1.40 bits per heavy atom. The molecule has 0 saturated carbocycles. The van der Waals surface area contributed by atoms with Crippen molar-refractivity contribution in [2.75, 3.05) is 26.9 Å². The molecule has 1 saturated heterocycles. The minimum absolute atomic E-state index is 0.00578. The summed E-state index contributed by atoms with van der Waals surface area (Å²) in [6, 6.07) is 7.13. The Bertz CT molecular complexity index is 783. The van der Waals surface area contributed by atoms with Crippen LogP contribution in [0, 0.1) is 0 Å². The molecular formula is C18H23N3O4. The molecule has 0 aliphatic carbocycles. The molecule has 0 bridgehead atoms. The van der Waals surface area contributed by atoms with Gasteiger partial charge in [-0.1, -0.05) is 12.1 Å². The number of likely N-dealkylation sites (N-methyl/N-ethyl adjacent to an activating group) is 1. The maximum atomic E-state index is 12.2. The Labute approximate surface area is 146 Å². The number of para-hydroxylation sites is 1. The molecule has 1 amide bonds. The second kappa shape index (κ2) is 8.22. The molecule has 0 spiro atoms. The van der Waals surface area contributed by atoms with Crippen LogP contribution in [0.25, 0.3) is 10.9 Å². The number of amides is 1. The average Bonchev–Trinajstić information content (AvgIpc) is 2.62. The number of fused-ring (bicyclic) bond motifs is 1. The standard InChI is InChI=1S/C18H23N3O4/c1-21(17(22)12-24-11-13-6-4-5-9-25-13)10-16-19-15-8-3-2-7-14(15)18(23)20-16/h2-3,7-8,13H,4-6,9-12H2,1H3,(H,19,20,23)/t13-/m1/s1. The summed E-state index contributed by atoms with van der Waals surface area (Å²) < 4.78 is 11.0. The van der Waals surface area contributed by atoms with Gasteiger partial charge >= 0.3 is 0 Å². The predicted octanol–water partition coefficient (Wildman–Crippen LogP) is 1.47. The Balaban J connectivity index is 1.53. The second-order valence-electron chi connectivity index (χ2n) is 6.28. The van der Waals surface area contributed by atoms with Crippen LogP contribution in [0.2, 0.25) is 0 Å². The zero-order valence-corrected chi connectivity index (χ0v) is 14.4. The molecule has 134 valence electrons. The van der Waals surface area contributed by atoms with Gasteiger partial charge in [0.15, 0.2) is 0 Å². The molecule has 3 rings (SSSR count). The minimum Gasteiger partial charge on any atom is -0.376 e. The summed E-state index contributed by atoms with van der Waals surface area (Å²) in [4.78, 5) is 32.9. The molecule has 0 radical (unpaired) electrons. The molecule has 1 fully saturated rings. The van der Waals surface area contributed by atoms with E-state index < -0.39 is 0 Å². The van der Waals surface area contributed by atoms with Gasteiger partial charge in [-0.3, -0.25) is 9.59 Å². The van der Waals surface area contributed by atoms with Crippen LogP contribution in [0.15, 0.2) is 29.1 Å². The normalized spacial score (nSPS) is 17.6. The number of H-pyrrole nitrogens is 1. The van der Waals surface area contributed by atoms with Gasteiger partial charge in [-0.05, 0) is 31.4 Å². The molecule has 0 unspecified atom stereocenters. The van der Waals surface area contributed by atoms with E-state index in [2.05, 4.69) is 9.97 Å². The lowest BCUT2D eigenvalue weighted by atomic mass is 10.1. The number of nitrogens with zero attached hydrogens (tertiary/aromatic N) is 2. The zero-order valence-electron chi connectivity index (χ0n) is 14.4. The zero-order chi connectivity index (χ0) is 17.6. The number of nitrogens with one attached hydrogen (secondary N) is 1. The quantitative estimate of drug-likeness (QED) is 0.857. The van der Waals surface area contributed by atoms with Gasteiger partial charge in [0.2, 0.25) is 5.91 Å². The van der Waals surface area contributed by atoms with E-state index in [1.54, 1.807) is 25.2 Å². The lowest BCUT2D eigenvalue weighted by Gasteiger charge is -2.23. The van der Waals surface area contributed by atoms with Crippen LogP contribution >= 0.6 is 0 Å². The van der Waals surface area contributed by atoms with Gasteiger partial charge in [-0.25, -0.2) is 4.98 Å². The van der Waals surface area contributed by atoms with Crippen LogP contribution < -0.4 is 5.56 Å². The molecule has 7 nitrogen and oxygen atoms in total. The molecule has 1 N–H and O–H groups in total. The van der Waals surface area contributed by atoms with Crippen molar-refractivity contribution in [3.05, 3.63) is 40.4 Å². The lowest BCUT2D eigenvalue weighted by Crippen LogP contribution is -2.33. The fourth-order valence-corrected chi connectivity index (χ4v) is 2.85. The first-order valence-corrected chi connectivity index (χ1v) is 8.55. The number of hydrogen-bond donors (Lipinski definition) is 1. The highest BCUT2D eigenvalue weighted by Crippen LogP contribution is 2.12. The van der Waals surface area contributed by atoms with Gasteiger partial charge in [-0.2, -0.15) is 0 Å². The third kappa shape index (κ3) is 4.64. The summed E-state index contributed by atoms with van der Waals surface area (Å²) in [6.07, 6.45) is 3.30. The lowest BCUT2D eigenvalue weighted by molar-refractivity contribution is -0.137. The van der Waals surface area contributed by atoms with Crippen molar-refractivity contribution >= 4 is 16.8 Å². The molecule has 2 aromatic rings. The van der Waals surface area contributed by atoms with E-state index in [4.69, 9.17) is 9.47 Å². The smallest absolute Gasteiger partial charge is 0.258 e. The molecule has 1 aliphatic heterocycles. The molecule has 7 heteroatoms. The minimum atomic E-state index is -0.202. The monoisotopic (exact) mass is 345 g/mol. The number of rotatable bonds is 6. The molecular weight excluding hydrogens is 322 g/mol.